The molecule has 0 aromatic heterocycles. The Balaban J connectivity index is -0.000000966. The molecule has 16 nitrogen and oxygen atoms in total. The monoisotopic (exact) mass is 816 g/mol. The first-order valence-electron chi connectivity index (χ1n) is 20.0. The molecule has 0 saturated heterocycles. The van der Waals surface area contributed by atoms with Crippen molar-refractivity contribution in [1.82, 2.24) is 10.6 Å². The molecule has 0 aliphatic rings. The fourth-order valence-electron chi connectivity index (χ4n) is 7.68. The van der Waals surface area contributed by atoms with Gasteiger partial charge in [0.15, 0.2) is 12.1 Å². The quantitative estimate of drug-likeness (QED) is 0.0302. The number of aliphatic carboxylic acids is 4. The van der Waals surface area contributed by atoms with Crippen molar-refractivity contribution < 1.29 is 68.4 Å². The number of hydrogen-bond acceptors (Lipinski definition) is 10. The van der Waals surface area contributed by atoms with Crippen LogP contribution in [0.25, 0.3) is 0 Å². The van der Waals surface area contributed by atoms with Gasteiger partial charge in [0.25, 0.3) is 0 Å². The molecule has 6 unspecified atom stereocenters. The Kier molecular flexibility index (Phi) is 34.3. The summed E-state index contributed by atoms with van der Waals surface area (Å²) in [5.74, 6) is -5.16. The number of quaternary nitrogens is 2. The third-order valence-corrected chi connectivity index (χ3v) is 10.4. The Morgan fingerprint density at radius 3 is 1.04 bits per heavy atom. The molecule has 6 N–H and O–H groups in total. The van der Waals surface area contributed by atoms with Crippen molar-refractivity contribution in [2.24, 2.45) is 0 Å². The van der Waals surface area contributed by atoms with E-state index >= 15 is 0 Å². The van der Waals surface area contributed by atoms with Gasteiger partial charge in [0.1, 0.15) is 25.2 Å². The van der Waals surface area contributed by atoms with Crippen LogP contribution in [0.1, 0.15) is 131 Å². The first-order valence-corrected chi connectivity index (χ1v) is 20.0. The minimum atomic E-state index is -1.34. The number of carbonyl (C=O) groups excluding carboxylic acids is 4. The molecule has 0 heterocycles. The van der Waals surface area contributed by atoms with Crippen molar-refractivity contribution in [1.29, 1.82) is 0 Å². The van der Waals surface area contributed by atoms with Gasteiger partial charge in [-0.1, -0.05) is 80.1 Å². The molecular formula is C38H72CaN4O12+2. The van der Waals surface area contributed by atoms with Crippen LogP contribution in [0.3, 0.4) is 0 Å². The van der Waals surface area contributed by atoms with Crippen LogP contribution in [0.2, 0.25) is 0 Å². The van der Waals surface area contributed by atoms with Crippen molar-refractivity contribution in [3.63, 3.8) is 0 Å². The second-order valence-electron chi connectivity index (χ2n) is 13.9. The zero-order chi connectivity index (χ0) is 41.7. The molecular weight excluding hydrogens is 745 g/mol. The minimum Gasteiger partial charge on any atom is -0.544 e. The molecule has 0 spiro atoms. The summed E-state index contributed by atoms with van der Waals surface area (Å²) in [5.41, 5.74) is 0. The number of rotatable bonds is 32. The average molecular weight is 817 g/mol. The number of aliphatic hydroxyl groups is 2. The van der Waals surface area contributed by atoms with Crippen LogP contribution in [0.15, 0.2) is 0 Å². The van der Waals surface area contributed by atoms with Crippen molar-refractivity contribution in [2.45, 2.75) is 156 Å². The van der Waals surface area contributed by atoms with E-state index in [0.717, 1.165) is 51.4 Å². The van der Waals surface area contributed by atoms with Gasteiger partial charge in [-0.25, -0.2) is 9.59 Å². The number of hydrogen-bond donors (Lipinski definition) is 6. The number of unbranched alkanes of at least 4 members (excludes halogenated alkanes) is 6. The largest absolute Gasteiger partial charge is 2.00 e. The molecule has 0 aromatic carbocycles. The van der Waals surface area contributed by atoms with Gasteiger partial charge in [-0.3, -0.25) is 9.59 Å². The maximum Gasteiger partial charge on any atom is 2.00 e. The van der Waals surface area contributed by atoms with E-state index in [9.17, 15) is 59.4 Å². The zero-order valence-electron chi connectivity index (χ0n) is 34.5. The predicted octanol–water partition coefficient (Wildman–Crippen LogP) is 0.167. The first-order chi connectivity index (χ1) is 25.6. The third-order valence-electron chi connectivity index (χ3n) is 10.4. The van der Waals surface area contributed by atoms with E-state index < -0.39 is 48.0 Å². The zero-order valence-corrected chi connectivity index (χ0v) is 36.7. The molecule has 6 atom stereocenters. The van der Waals surface area contributed by atoms with E-state index in [2.05, 4.69) is 24.5 Å². The summed E-state index contributed by atoms with van der Waals surface area (Å²) in [5, 5.41) is 67.3. The summed E-state index contributed by atoms with van der Waals surface area (Å²) in [4.78, 5) is 71.0. The summed E-state index contributed by atoms with van der Waals surface area (Å²) in [6.45, 7) is 10.6. The van der Waals surface area contributed by atoms with Crippen LogP contribution in [0, 0.1) is 0 Å². The summed E-state index contributed by atoms with van der Waals surface area (Å²) < 4.78 is -0.672. The summed E-state index contributed by atoms with van der Waals surface area (Å²) >= 11 is 0. The fourth-order valence-corrected chi connectivity index (χ4v) is 7.68. The van der Waals surface area contributed by atoms with E-state index in [-0.39, 0.29) is 137 Å². The van der Waals surface area contributed by atoms with Crippen molar-refractivity contribution >= 4 is 73.4 Å². The molecule has 0 radical (unpaired) electrons. The van der Waals surface area contributed by atoms with Gasteiger partial charge in [-0.15, -0.1) is 0 Å². The topological polar surface area (TPSA) is 254 Å². The van der Waals surface area contributed by atoms with Crippen molar-refractivity contribution in [2.75, 3.05) is 52.5 Å². The smallest absolute Gasteiger partial charge is 0.544 e. The van der Waals surface area contributed by atoms with E-state index in [0.29, 0.717) is 12.8 Å². The fraction of sp³-hybridized carbons (Fsp3) is 0.842. The van der Waals surface area contributed by atoms with Gasteiger partial charge in [0, 0.05) is 38.5 Å². The van der Waals surface area contributed by atoms with Crippen LogP contribution in [0.5, 0.6) is 0 Å². The number of carboxylic acids is 4. The molecule has 17 heteroatoms. The van der Waals surface area contributed by atoms with Gasteiger partial charge in [0.05, 0.1) is 51.3 Å². The van der Waals surface area contributed by atoms with Gasteiger partial charge in [-0.2, -0.15) is 0 Å². The van der Waals surface area contributed by atoms with Gasteiger partial charge < -0.3 is 59.8 Å². The van der Waals surface area contributed by atoms with Crippen LogP contribution < -0.4 is 20.8 Å². The van der Waals surface area contributed by atoms with Gasteiger partial charge >= 0.3 is 49.7 Å². The molecule has 55 heavy (non-hydrogen) atoms. The molecule has 0 fully saturated rings. The number of nitrogens with zero attached hydrogens (tertiary/aromatic N) is 2. The summed E-state index contributed by atoms with van der Waals surface area (Å²) in [7, 11) is 0. The standard InChI is InChI=1S/2C19H36N2O6.Ca/c2*1-4-7-8-9-10-17(23)20-11-12-21(13-14-22,15(5-2)18(24)25)16(6-3)19(26)27;/h2*15-16,22H,4-14H2,1-3H3,(H2-,20,23,24,25,26,27);/q;;+2. The SMILES string of the molecule is CCCCCCC(=O)NCC[N+](CCO)(C(CC)C(=O)[O-])C(CC)C(=O)O.CCCCCCC(=O)NCC[N+](CCO)(C(CC)C(=O)[O-])C(CC)C(=O)O.[Ca+2]. The second kappa shape index (κ2) is 32.9. The molecule has 0 rings (SSSR count). The van der Waals surface area contributed by atoms with E-state index in [1.165, 1.54) is 0 Å². The summed E-state index contributed by atoms with van der Waals surface area (Å²) in [6, 6.07) is -4.14. The number of aliphatic hydroxyl groups excluding tert-OH is 2. The minimum absolute atomic E-state index is 0. The molecule has 0 aliphatic carbocycles. The van der Waals surface area contributed by atoms with Crippen LogP contribution >= 0.6 is 0 Å². The number of nitrogens with one attached hydrogen (secondary N) is 2. The van der Waals surface area contributed by atoms with Crippen molar-refractivity contribution in [3.8, 4) is 0 Å². The van der Waals surface area contributed by atoms with E-state index in [1.807, 2.05) is 0 Å². The Labute approximate surface area is 358 Å². The van der Waals surface area contributed by atoms with E-state index in [1.54, 1.807) is 27.7 Å². The third kappa shape index (κ3) is 20.3. The predicted molar refractivity (Wildman–Crippen MR) is 205 cm³/mol. The Hall–Kier alpha value is -2.08. The van der Waals surface area contributed by atoms with Crippen LogP contribution in [-0.4, -0.2) is 179 Å². The summed E-state index contributed by atoms with van der Waals surface area (Å²) in [6.07, 6.45) is 9.43. The number of amides is 2. The second-order valence-corrected chi connectivity index (χ2v) is 13.9. The van der Waals surface area contributed by atoms with E-state index in [4.69, 9.17) is 0 Å². The Bertz CT molecular complexity index is 985. The van der Waals surface area contributed by atoms with Gasteiger partial charge in [0.2, 0.25) is 11.8 Å². The number of carboxylic acid groups (broad SMARTS) is 4. The molecule has 0 aliphatic heterocycles. The van der Waals surface area contributed by atoms with Crippen molar-refractivity contribution in [3.05, 3.63) is 0 Å². The number of carbonyl (C=O) groups is 6. The maximum atomic E-state index is 12.0. The van der Waals surface area contributed by atoms with Crippen LogP contribution in [-0.2, 0) is 28.8 Å². The molecule has 0 bridgehead atoms. The normalized spacial score (nSPS) is 15.3. The Morgan fingerprint density at radius 2 is 0.818 bits per heavy atom. The maximum absolute atomic E-state index is 12.0. The Morgan fingerprint density at radius 1 is 0.509 bits per heavy atom. The first kappa shape index (κ1) is 57.2. The molecule has 316 valence electrons. The molecule has 0 saturated carbocycles. The molecule has 2 amide bonds. The van der Waals surface area contributed by atoms with Gasteiger partial charge in [-0.05, 0) is 12.8 Å². The average Bonchev–Trinajstić information content (AvgIpc) is 3.09. The van der Waals surface area contributed by atoms with Crippen LogP contribution in [0.4, 0.5) is 0 Å². The molecule has 0 aromatic rings.